The second-order valence-electron chi connectivity index (χ2n) is 3.27. The van der Waals surface area contributed by atoms with Crippen molar-refractivity contribution >= 4 is 6.29 Å². The lowest BCUT2D eigenvalue weighted by Crippen LogP contribution is -1.89. The molecule has 1 rings (SSSR count). The first-order valence-corrected chi connectivity index (χ1v) is 3.06. The summed E-state index contributed by atoms with van der Waals surface area (Å²) in [4.78, 5) is 10.2. The molecule has 1 fully saturated rings. The molecule has 1 aliphatic carbocycles. The summed E-state index contributed by atoms with van der Waals surface area (Å²) in [6, 6.07) is 0. The van der Waals surface area contributed by atoms with E-state index in [1.165, 1.54) is 0 Å². The predicted molar refractivity (Wildman–Crippen MR) is 32.5 cm³/mol. The fourth-order valence-corrected chi connectivity index (χ4v) is 1.23. The van der Waals surface area contributed by atoms with Crippen LogP contribution in [0.15, 0.2) is 0 Å². The van der Waals surface area contributed by atoms with E-state index in [1.807, 2.05) is 0 Å². The van der Waals surface area contributed by atoms with Gasteiger partial charge in [0.1, 0.15) is 6.29 Å². The third-order valence-corrected chi connectivity index (χ3v) is 2.61. The van der Waals surface area contributed by atoms with E-state index >= 15 is 0 Å². The summed E-state index contributed by atoms with van der Waals surface area (Å²) in [5.41, 5.74) is 0.307. The van der Waals surface area contributed by atoms with Crippen LogP contribution in [-0.2, 0) is 4.79 Å². The SMILES string of the molecule is CC1C(C=O)C1(C)C. The van der Waals surface area contributed by atoms with Crippen LogP contribution in [0.1, 0.15) is 20.8 Å². The molecule has 2 unspecified atom stereocenters. The average Bonchev–Trinajstić information content (AvgIpc) is 2.09. The van der Waals surface area contributed by atoms with Gasteiger partial charge < -0.3 is 4.79 Å². The molecule has 1 aliphatic rings. The van der Waals surface area contributed by atoms with E-state index in [-0.39, 0.29) is 0 Å². The fraction of sp³-hybridized carbons (Fsp3) is 0.857. The summed E-state index contributed by atoms with van der Waals surface area (Å²) in [7, 11) is 0. The standard InChI is InChI=1S/C7H12O/c1-5-6(4-8)7(5,2)3/h4-6H,1-3H3. The lowest BCUT2D eigenvalue weighted by molar-refractivity contribution is -0.109. The Morgan fingerprint density at radius 3 is 1.88 bits per heavy atom. The van der Waals surface area contributed by atoms with Crippen molar-refractivity contribution < 1.29 is 4.79 Å². The molecule has 0 aliphatic heterocycles. The zero-order valence-electron chi connectivity index (χ0n) is 5.64. The van der Waals surface area contributed by atoms with Gasteiger partial charge in [-0.05, 0) is 11.3 Å². The Balaban J connectivity index is 2.57. The minimum atomic E-state index is 0.307. The molecular weight excluding hydrogens is 100 g/mol. The van der Waals surface area contributed by atoms with E-state index in [9.17, 15) is 4.79 Å². The van der Waals surface area contributed by atoms with E-state index in [4.69, 9.17) is 0 Å². The van der Waals surface area contributed by atoms with Crippen molar-refractivity contribution in [2.45, 2.75) is 20.8 Å². The van der Waals surface area contributed by atoms with Crippen LogP contribution in [0.5, 0.6) is 0 Å². The lowest BCUT2D eigenvalue weighted by Gasteiger charge is -1.93. The molecule has 0 aromatic heterocycles. The van der Waals surface area contributed by atoms with Crippen LogP contribution < -0.4 is 0 Å². The van der Waals surface area contributed by atoms with Gasteiger partial charge in [-0.2, -0.15) is 0 Å². The molecule has 2 atom stereocenters. The van der Waals surface area contributed by atoms with Gasteiger partial charge in [-0.15, -0.1) is 0 Å². The highest BCUT2D eigenvalue weighted by Crippen LogP contribution is 2.56. The van der Waals surface area contributed by atoms with Crippen molar-refractivity contribution in [3.63, 3.8) is 0 Å². The second kappa shape index (κ2) is 1.34. The molecular formula is C7H12O. The van der Waals surface area contributed by atoms with Crippen LogP contribution >= 0.6 is 0 Å². The van der Waals surface area contributed by atoms with Crippen molar-refractivity contribution in [3.8, 4) is 0 Å². The van der Waals surface area contributed by atoms with Crippen molar-refractivity contribution in [1.29, 1.82) is 0 Å². The first-order chi connectivity index (χ1) is 3.60. The van der Waals surface area contributed by atoms with Crippen LogP contribution in [0.25, 0.3) is 0 Å². The Bertz CT molecular complexity index is 116. The van der Waals surface area contributed by atoms with Gasteiger partial charge in [-0.25, -0.2) is 0 Å². The van der Waals surface area contributed by atoms with Gasteiger partial charge in [-0.3, -0.25) is 0 Å². The topological polar surface area (TPSA) is 17.1 Å². The van der Waals surface area contributed by atoms with Crippen molar-refractivity contribution in [1.82, 2.24) is 0 Å². The molecule has 0 aromatic rings. The molecule has 1 saturated carbocycles. The van der Waals surface area contributed by atoms with E-state index in [0.29, 0.717) is 17.3 Å². The molecule has 1 heteroatoms. The average molecular weight is 112 g/mol. The smallest absolute Gasteiger partial charge is 0.123 e. The Hall–Kier alpha value is -0.330. The Morgan fingerprint density at radius 2 is 1.88 bits per heavy atom. The molecule has 1 nitrogen and oxygen atoms in total. The largest absolute Gasteiger partial charge is 0.303 e. The summed E-state index contributed by atoms with van der Waals surface area (Å²) in [5.74, 6) is 0.947. The van der Waals surface area contributed by atoms with Crippen LogP contribution in [0.4, 0.5) is 0 Å². The third-order valence-electron chi connectivity index (χ3n) is 2.61. The Labute approximate surface area is 50.1 Å². The predicted octanol–water partition coefficient (Wildman–Crippen LogP) is 1.48. The highest BCUT2D eigenvalue weighted by Gasteiger charge is 2.54. The molecule has 0 saturated heterocycles. The molecule has 0 N–H and O–H groups in total. The zero-order chi connectivity index (χ0) is 6.36. The first-order valence-electron chi connectivity index (χ1n) is 3.06. The van der Waals surface area contributed by atoms with Crippen molar-refractivity contribution in [2.75, 3.05) is 0 Å². The molecule has 0 heterocycles. The molecule has 0 radical (unpaired) electrons. The number of aldehydes is 1. The molecule has 0 amide bonds. The molecule has 8 heavy (non-hydrogen) atoms. The highest BCUT2D eigenvalue weighted by atomic mass is 16.1. The summed E-state index contributed by atoms with van der Waals surface area (Å²) in [6.45, 7) is 6.40. The highest BCUT2D eigenvalue weighted by molar-refractivity contribution is 5.60. The maximum absolute atomic E-state index is 10.2. The molecule has 0 aromatic carbocycles. The molecule has 46 valence electrons. The Morgan fingerprint density at radius 1 is 1.50 bits per heavy atom. The van der Waals surface area contributed by atoms with Gasteiger partial charge in [0, 0.05) is 5.92 Å². The zero-order valence-corrected chi connectivity index (χ0v) is 5.64. The molecule has 0 bridgehead atoms. The van der Waals surface area contributed by atoms with Gasteiger partial charge >= 0.3 is 0 Å². The van der Waals surface area contributed by atoms with E-state index < -0.39 is 0 Å². The van der Waals surface area contributed by atoms with E-state index in [0.717, 1.165) is 6.29 Å². The minimum Gasteiger partial charge on any atom is -0.303 e. The fourth-order valence-electron chi connectivity index (χ4n) is 1.23. The summed E-state index contributed by atoms with van der Waals surface area (Å²) in [6.07, 6.45) is 1.07. The number of hydrogen-bond donors (Lipinski definition) is 0. The van der Waals surface area contributed by atoms with Crippen LogP contribution in [0, 0.1) is 17.3 Å². The second-order valence-corrected chi connectivity index (χ2v) is 3.27. The third kappa shape index (κ3) is 0.504. The normalized spacial score (nSPS) is 41.4. The number of hydrogen-bond acceptors (Lipinski definition) is 1. The Kier molecular flexibility index (Phi) is 0.969. The van der Waals surface area contributed by atoms with Crippen LogP contribution in [-0.4, -0.2) is 6.29 Å². The van der Waals surface area contributed by atoms with Crippen molar-refractivity contribution in [3.05, 3.63) is 0 Å². The van der Waals surface area contributed by atoms with Gasteiger partial charge in [0.25, 0.3) is 0 Å². The number of carbonyl (C=O) groups excluding carboxylic acids is 1. The van der Waals surface area contributed by atoms with Gasteiger partial charge in [0.05, 0.1) is 0 Å². The van der Waals surface area contributed by atoms with Crippen LogP contribution in [0.3, 0.4) is 0 Å². The van der Waals surface area contributed by atoms with Gasteiger partial charge in [0.15, 0.2) is 0 Å². The minimum absolute atomic E-state index is 0.307. The van der Waals surface area contributed by atoms with E-state index in [1.54, 1.807) is 0 Å². The van der Waals surface area contributed by atoms with Crippen LogP contribution in [0.2, 0.25) is 0 Å². The summed E-state index contributed by atoms with van der Waals surface area (Å²) >= 11 is 0. The lowest BCUT2D eigenvalue weighted by atomic mass is 10.1. The van der Waals surface area contributed by atoms with Gasteiger partial charge in [-0.1, -0.05) is 20.8 Å². The maximum Gasteiger partial charge on any atom is 0.123 e. The number of rotatable bonds is 1. The molecule has 0 spiro atoms. The first kappa shape index (κ1) is 5.80. The quantitative estimate of drug-likeness (QED) is 0.469. The summed E-state index contributed by atoms with van der Waals surface area (Å²) in [5, 5.41) is 0. The van der Waals surface area contributed by atoms with E-state index in [2.05, 4.69) is 20.8 Å². The monoisotopic (exact) mass is 112 g/mol. The van der Waals surface area contributed by atoms with Crippen molar-refractivity contribution in [2.24, 2.45) is 17.3 Å². The maximum atomic E-state index is 10.2. The van der Waals surface area contributed by atoms with Gasteiger partial charge in [0.2, 0.25) is 0 Å². The number of carbonyl (C=O) groups is 1. The summed E-state index contributed by atoms with van der Waals surface area (Å²) < 4.78 is 0.